The molecule has 13 heteroatoms. The fourth-order valence-corrected chi connectivity index (χ4v) is 7.39. The van der Waals surface area contributed by atoms with Gasteiger partial charge in [-0.3, -0.25) is 9.36 Å². The van der Waals surface area contributed by atoms with E-state index >= 15 is 0 Å². The smallest absolute Gasteiger partial charge is 0.333 e. The Hall–Kier alpha value is -4.49. The number of hydrogen-bond acceptors (Lipinski definition) is 9. The van der Waals surface area contributed by atoms with Gasteiger partial charge in [-0.1, -0.05) is 18.2 Å². The molecule has 1 atom stereocenters. The van der Waals surface area contributed by atoms with Gasteiger partial charge in [-0.2, -0.15) is 0 Å². The molecular formula is C32H35N5O7S. The van der Waals surface area contributed by atoms with Crippen molar-refractivity contribution in [2.45, 2.75) is 76.8 Å². The van der Waals surface area contributed by atoms with Gasteiger partial charge < -0.3 is 23.6 Å². The molecule has 0 amide bonds. The highest BCUT2D eigenvalue weighted by Gasteiger charge is 2.36. The van der Waals surface area contributed by atoms with Crippen LogP contribution in [0.1, 0.15) is 62.8 Å². The quantitative estimate of drug-likeness (QED) is 0.221. The van der Waals surface area contributed by atoms with Gasteiger partial charge in [-0.05, 0) is 58.1 Å². The second-order valence-electron chi connectivity index (χ2n) is 11.8. The number of ether oxygens (including phenoxy) is 2. The van der Waals surface area contributed by atoms with Gasteiger partial charge in [0.1, 0.15) is 28.5 Å². The molecule has 6 rings (SSSR count). The standard InChI is InChI=1S/C32H35N5O7S/c1-19-25-28(38)37(32(2,3)30(39)40)31(41)36(29(25)45-26(19)27-34-14-16-43-27)17-24(22-7-5-6-8-23(22)42-4)44-21-11-9-20(10-12-21)35-15-13-33-18-35/h5-8,13-16,18,20-21,24H,9-12,17H2,1-4H3,(H,39,40). The molecule has 1 saturated carbocycles. The van der Waals surface area contributed by atoms with E-state index in [1.807, 2.05) is 36.8 Å². The third-order valence-electron chi connectivity index (χ3n) is 8.70. The third kappa shape index (κ3) is 5.50. The van der Waals surface area contributed by atoms with Crippen molar-refractivity contribution >= 4 is 27.5 Å². The number of benzene rings is 1. The van der Waals surface area contributed by atoms with Crippen LogP contribution in [0.2, 0.25) is 0 Å². The van der Waals surface area contributed by atoms with Gasteiger partial charge in [0.25, 0.3) is 5.56 Å². The van der Waals surface area contributed by atoms with E-state index in [4.69, 9.17) is 13.9 Å². The number of oxazole rings is 1. The minimum atomic E-state index is -1.83. The second-order valence-corrected chi connectivity index (χ2v) is 12.8. The molecule has 4 heterocycles. The number of aromatic nitrogens is 5. The van der Waals surface area contributed by atoms with Gasteiger partial charge >= 0.3 is 11.7 Å². The first-order valence-corrected chi connectivity index (χ1v) is 15.6. The van der Waals surface area contributed by atoms with Gasteiger partial charge in [0.15, 0.2) is 0 Å². The number of hydrogen-bond donors (Lipinski definition) is 1. The molecule has 0 bridgehead atoms. The van der Waals surface area contributed by atoms with Crippen LogP contribution < -0.4 is 16.0 Å². The van der Waals surface area contributed by atoms with Crippen LogP contribution in [0.5, 0.6) is 5.75 Å². The van der Waals surface area contributed by atoms with Crippen molar-refractivity contribution in [2.75, 3.05) is 7.11 Å². The Kier molecular flexibility index (Phi) is 8.23. The molecule has 1 unspecified atom stereocenters. The van der Waals surface area contributed by atoms with Gasteiger partial charge in [0, 0.05) is 24.0 Å². The van der Waals surface area contributed by atoms with Crippen LogP contribution in [0, 0.1) is 6.92 Å². The van der Waals surface area contributed by atoms with E-state index < -0.39 is 28.9 Å². The van der Waals surface area contributed by atoms with Crippen LogP contribution in [-0.2, 0) is 21.6 Å². The summed E-state index contributed by atoms with van der Waals surface area (Å²) in [7, 11) is 1.58. The van der Waals surface area contributed by atoms with Crippen molar-refractivity contribution in [3.63, 3.8) is 0 Å². The van der Waals surface area contributed by atoms with Crippen molar-refractivity contribution in [3.05, 3.63) is 87.4 Å². The minimum Gasteiger partial charge on any atom is -0.496 e. The number of methoxy groups -OCH3 is 1. The van der Waals surface area contributed by atoms with Gasteiger partial charge in [0.05, 0.1) is 42.5 Å². The fraction of sp³-hybridized carbons (Fsp3) is 0.406. The van der Waals surface area contributed by atoms with Crippen LogP contribution in [0.4, 0.5) is 0 Å². The second kappa shape index (κ2) is 12.1. The van der Waals surface area contributed by atoms with Crippen LogP contribution >= 0.6 is 11.3 Å². The number of carboxylic acids is 1. The Balaban J connectivity index is 1.48. The lowest BCUT2D eigenvalue weighted by atomic mass is 9.92. The molecule has 0 spiro atoms. The zero-order valence-corrected chi connectivity index (χ0v) is 26.3. The Morgan fingerprint density at radius 3 is 2.58 bits per heavy atom. The summed E-state index contributed by atoms with van der Waals surface area (Å²) in [6.45, 7) is 4.45. The highest BCUT2D eigenvalue weighted by atomic mass is 32.1. The SMILES string of the molecule is COc1ccccc1C(Cn1c(=O)n(C(C)(C)C(=O)O)c(=O)c2c(C)c(-c3ncco3)sc21)OC1CCC(n2ccnc2)CC1. The van der Waals surface area contributed by atoms with E-state index in [1.165, 1.54) is 42.2 Å². The number of thiophene rings is 1. The number of fused-ring (bicyclic) bond motifs is 1. The van der Waals surface area contributed by atoms with E-state index in [0.29, 0.717) is 33.0 Å². The van der Waals surface area contributed by atoms with Gasteiger partial charge in [-0.25, -0.2) is 24.1 Å². The predicted molar refractivity (Wildman–Crippen MR) is 168 cm³/mol. The van der Waals surface area contributed by atoms with E-state index in [-0.39, 0.29) is 18.0 Å². The van der Waals surface area contributed by atoms with Crippen molar-refractivity contribution in [2.24, 2.45) is 0 Å². The van der Waals surface area contributed by atoms with Crippen molar-refractivity contribution in [1.29, 1.82) is 0 Å². The summed E-state index contributed by atoms with van der Waals surface area (Å²) in [5, 5.41) is 10.3. The number of carboxylic acid groups (broad SMARTS) is 1. The zero-order valence-electron chi connectivity index (χ0n) is 25.5. The number of rotatable bonds is 10. The normalized spacial score (nSPS) is 17.9. The number of aliphatic carboxylic acids is 1. The molecule has 5 aromatic rings. The lowest BCUT2D eigenvalue weighted by Gasteiger charge is -2.33. The molecule has 4 aromatic heterocycles. The molecule has 0 saturated heterocycles. The largest absolute Gasteiger partial charge is 0.496 e. The summed E-state index contributed by atoms with van der Waals surface area (Å²) in [6, 6.07) is 7.82. The number of imidazole rings is 1. The first-order valence-electron chi connectivity index (χ1n) is 14.8. The molecule has 1 aliphatic carbocycles. The van der Waals surface area contributed by atoms with Crippen molar-refractivity contribution in [1.82, 2.24) is 23.7 Å². The number of carbonyl (C=O) groups is 1. The van der Waals surface area contributed by atoms with Crippen LogP contribution in [0.15, 0.2) is 69.5 Å². The third-order valence-corrected chi connectivity index (χ3v) is 10.0. The highest BCUT2D eigenvalue weighted by Crippen LogP contribution is 2.39. The Bertz CT molecular complexity index is 1930. The molecule has 1 aliphatic rings. The highest BCUT2D eigenvalue weighted by molar-refractivity contribution is 7.22. The van der Waals surface area contributed by atoms with E-state index in [1.54, 1.807) is 20.2 Å². The number of para-hydroxylation sites is 1. The van der Waals surface area contributed by atoms with Crippen molar-refractivity contribution < 1.29 is 23.8 Å². The maximum Gasteiger partial charge on any atom is 0.333 e. The zero-order chi connectivity index (χ0) is 31.9. The monoisotopic (exact) mass is 633 g/mol. The molecule has 45 heavy (non-hydrogen) atoms. The summed E-state index contributed by atoms with van der Waals surface area (Å²) < 4.78 is 22.5. The Labute approximate surface area is 262 Å². The summed E-state index contributed by atoms with van der Waals surface area (Å²) in [4.78, 5) is 50.0. The average molecular weight is 634 g/mol. The number of aryl methyl sites for hydroxylation is 1. The van der Waals surface area contributed by atoms with Crippen LogP contribution in [0.25, 0.3) is 21.0 Å². The average Bonchev–Trinajstić information content (AvgIpc) is 3.81. The lowest BCUT2D eigenvalue weighted by molar-refractivity contribution is -0.146. The summed E-state index contributed by atoms with van der Waals surface area (Å²) in [5.74, 6) is -0.398. The topological polar surface area (TPSA) is 144 Å². The first kappa shape index (κ1) is 30.5. The predicted octanol–water partition coefficient (Wildman–Crippen LogP) is 5.15. The van der Waals surface area contributed by atoms with Crippen LogP contribution in [-0.4, -0.2) is 48.0 Å². The Morgan fingerprint density at radius 2 is 1.93 bits per heavy atom. The van der Waals surface area contributed by atoms with Gasteiger partial charge in [-0.15, -0.1) is 11.3 Å². The molecule has 1 fully saturated rings. The van der Waals surface area contributed by atoms with E-state index in [9.17, 15) is 19.5 Å². The van der Waals surface area contributed by atoms with E-state index in [2.05, 4.69) is 14.5 Å². The molecule has 1 N–H and O–H groups in total. The summed E-state index contributed by atoms with van der Waals surface area (Å²) in [5.41, 5.74) is -1.95. The molecule has 0 aliphatic heterocycles. The molecular weight excluding hydrogens is 598 g/mol. The van der Waals surface area contributed by atoms with Crippen LogP contribution in [0.3, 0.4) is 0 Å². The number of nitrogens with zero attached hydrogens (tertiary/aromatic N) is 5. The lowest BCUT2D eigenvalue weighted by Crippen LogP contribution is -2.52. The maximum atomic E-state index is 14.3. The van der Waals surface area contributed by atoms with Gasteiger partial charge in [0.2, 0.25) is 5.89 Å². The molecule has 236 valence electrons. The maximum absolute atomic E-state index is 14.3. The van der Waals surface area contributed by atoms with E-state index in [0.717, 1.165) is 35.8 Å². The first-order chi connectivity index (χ1) is 21.6. The molecule has 1 aromatic carbocycles. The fourth-order valence-electron chi connectivity index (χ4n) is 6.15. The molecule has 12 nitrogen and oxygen atoms in total. The summed E-state index contributed by atoms with van der Waals surface area (Å²) in [6.07, 6.45) is 11.2. The Morgan fingerprint density at radius 1 is 1.18 bits per heavy atom. The molecule has 0 radical (unpaired) electrons. The van der Waals surface area contributed by atoms with Crippen molar-refractivity contribution in [3.8, 4) is 16.5 Å². The summed E-state index contributed by atoms with van der Waals surface area (Å²) >= 11 is 1.21. The minimum absolute atomic E-state index is 0.0120.